The Morgan fingerprint density at radius 1 is 1.09 bits per heavy atom. The topological polar surface area (TPSA) is 111 Å². The summed E-state index contributed by atoms with van der Waals surface area (Å²) >= 11 is 0. The molecule has 32 heavy (non-hydrogen) atoms. The lowest BCUT2D eigenvalue weighted by molar-refractivity contribution is -0.160. The molecule has 9 heteroatoms. The van der Waals surface area contributed by atoms with Crippen LogP contribution in [0.5, 0.6) is 11.5 Å². The molecule has 1 N–H and O–H groups in total. The van der Waals surface area contributed by atoms with Crippen molar-refractivity contribution < 1.29 is 33.4 Å². The van der Waals surface area contributed by atoms with Crippen LogP contribution >= 0.6 is 0 Å². The summed E-state index contributed by atoms with van der Waals surface area (Å²) in [6, 6.07) is 3.88. The Balaban J connectivity index is 1.39. The number of rotatable bonds is 7. The van der Waals surface area contributed by atoms with E-state index < -0.39 is 36.4 Å². The monoisotopic (exact) mass is 442 g/mol. The average Bonchev–Trinajstić information content (AvgIpc) is 3.33. The van der Waals surface area contributed by atoms with E-state index >= 15 is 0 Å². The van der Waals surface area contributed by atoms with Gasteiger partial charge in [-0.15, -0.1) is 0 Å². The zero-order chi connectivity index (χ0) is 22.8. The first-order valence-electron chi connectivity index (χ1n) is 10.7. The molecule has 1 aliphatic carbocycles. The maximum atomic E-state index is 12.9. The Hall–Kier alpha value is -3.36. The van der Waals surface area contributed by atoms with Crippen molar-refractivity contribution in [1.82, 2.24) is 4.90 Å². The number of hydrogen-bond acceptors (Lipinski definition) is 7. The molecule has 2 aliphatic heterocycles. The molecule has 1 aromatic rings. The largest absolute Gasteiger partial charge is 0.454 e. The second kappa shape index (κ2) is 9.02. The number of anilines is 1. The van der Waals surface area contributed by atoms with Gasteiger partial charge in [0, 0.05) is 11.8 Å². The van der Waals surface area contributed by atoms with Crippen molar-refractivity contribution in [3.63, 3.8) is 0 Å². The van der Waals surface area contributed by atoms with Crippen LogP contribution in [0.15, 0.2) is 30.4 Å². The van der Waals surface area contributed by atoms with Crippen LogP contribution < -0.4 is 14.8 Å². The first-order chi connectivity index (χ1) is 15.3. The van der Waals surface area contributed by atoms with Crippen LogP contribution in [0.4, 0.5) is 5.69 Å². The summed E-state index contributed by atoms with van der Waals surface area (Å²) in [7, 11) is 0. The third-order valence-corrected chi connectivity index (χ3v) is 5.82. The standard InChI is InChI=1S/C23H26N2O7/c1-13(2)9-17(25-21(27)15-5-3-4-6-16(15)22(25)28)23(29)30-11-20(26)24-14-7-8-18-19(10-14)32-12-31-18/h3-4,7-8,10,13,15-17H,5-6,9,11-12H2,1-2H3,(H,24,26)/t15-,16+,17-/m1/s1. The summed E-state index contributed by atoms with van der Waals surface area (Å²) < 4.78 is 15.7. The number of hydrogen-bond donors (Lipinski definition) is 1. The molecule has 9 nitrogen and oxygen atoms in total. The molecule has 170 valence electrons. The molecule has 3 aliphatic rings. The number of imide groups is 1. The van der Waals surface area contributed by atoms with Crippen LogP contribution in [0.25, 0.3) is 0 Å². The fourth-order valence-corrected chi connectivity index (χ4v) is 4.29. The van der Waals surface area contributed by atoms with E-state index in [4.69, 9.17) is 14.2 Å². The molecular weight excluding hydrogens is 416 g/mol. The first-order valence-corrected chi connectivity index (χ1v) is 10.7. The van der Waals surface area contributed by atoms with E-state index in [-0.39, 0.29) is 30.9 Å². The van der Waals surface area contributed by atoms with Crippen molar-refractivity contribution in [3.8, 4) is 11.5 Å². The molecule has 0 bridgehead atoms. The minimum absolute atomic E-state index is 0.0383. The molecule has 0 saturated carbocycles. The van der Waals surface area contributed by atoms with Gasteiger partial charge >= 0.3 is 5.97 Å². The minimum Gasteiger partial charge on any atom is -0.454 e. The van der Waals surface area contributed by atoms with E-state index in [2.05, 4.69) is 5.32 Å². The number of nitrogens with zero attached hydrogens (tertiary/aromatic N) is 1. The second-order valence-electron chi connectivity index (χ2n) is 8.57. The number of carbonyl (C=O) groups is 4. The fraction of sp³-hybridized carbons (Fsp3) is 0.478. The Bertz CT molecular complexity index is 945. The summed E-state index contributed by atoms with van der Waals surface area (Å²) in [5.41, 5.74) is 0.468. The Morgan fingerprint density at radius 2 is 1.75 bits per heavy atom. The smallest absolute Gasteiger partial charge is 0.329 e. The number of carbonyl (C=O) groups excluding carboxylic acids is 4. The quantitative estimate of drug-likeness (QED) is 0.392. The van der Waals surface area contributed by atoms with Crippen LogP contribution in [0, 0.1) is 17.8 Å². The van der Waals surface area contributed by atoms with Gasteiger partial charge in [0.2, 0.25) is 18.6 Å². The van der Waals surface area contributed by atoms with Crippen molar-refractivity contribution in [1.29, 1.82) is 0 Å². The van der Waals surface area contributed by atoms with Gasteiger partial charge in [0.25, 0.3) is 5.91 Å². The molecule has 3 atom stereocenters. The van der Waals surface area contributed by atoms with Crippen molar-refractivity contribution in [2.45, 2.75) is 39.2 Å². The number of benzene rings is 1. The lowest BCUT2D eigenvalue weighted by Crippen LogP contribution is -2.47. The van der Waals surface area contributed by atoms with Gasteiger partial charge in [0.05, 0.1) is 11.8 Å². The van der Waals surface area contributed by atoms with Crippen molar-refractivity contribution in [3.05, 3.63) is 30.4 Å². The number of amides is 3. The highest BCUT2D eigenvalue weighted by Gasteiger charge is 2.51. The molecule has 0 radical (unpaired) electrons. The van der Waals surface area contributed by atoms with E-state index in [9.17, 15) is 19.2 Å². The fourth-order valence-electron chi connectivity index (χ4n) is 4.29. The third kappa shape index (κ3) is 4.32. The van der Waals surface area contributed by atoms with E-state index in [1.807, 2.05) is 26.0 Å². The van der Waals surface area contributed by atoms with Gasteiger partial charge in [-0.3, -0.25) is 19.3 Å². The summed E-state index contributed by atoms with van der Waals surface area (Å²) in [5, 5.41) is 2.63. The lowest BCUT2D eigenvalue weighted by atomic mass is 9.85. The number of likely N-dealkylation sites (tertiary alicyclic amines) is 1. The highest BCUT2D eigenvalue weighted by Crippen LogP contribution is 2.37. The van der Waals surface area contributed by atoms with E-state index in [1.54, 1.807) is 18.2 Å². The molecular formula is C23H26N2O7. The van der Waals surface area contributed by atoms with Crippen LogP contribution in [0.3, 0.4) is 0 Å². The number of fused-ring (bicyclic) bond motifs is 2. The van der Waals surface area contributed by atoms with Gasteiger partial charge in [0.15, 0.2) is 18.1 Å². The molecule has 1 saturated heterocycles. The second-order valence-corrected chi connectivity index (χ2v) is 8.57. The predicted molar refractivity (Wildman–Crippen MR) is 113 cm³/mol. The summed E-state index contributed by atoms with van der Waals surface area (Å²) in [4.78, 5) is 52.1. The number of nitrogens with one attached hydrogen (secondary N) is 1. The maximum Gasteiger partial charge on any atom is 0.329 e. The number of esters is 1. The van der Waals surface area contributed by atoms with Crippen molar-refractivity contribution in [2.75, 3.05) is 18.7 Å². The van der Waals surface area contributed by atoms with Crippen LogP contribution in [-0.4, -0.2) is 48.0 Å². The predicted octanol–water partition coefficient (Wildman–Crippen LogP) is 2.26. The third-order valence-electron chi connectivity index (χ3n) is 5.82. The summed E-state index contributed by atoms with van der Waals surface area (Å²) in [6.45, 7) is 3.37. The molecule has 1 aromatic carbocycles. The van der Waals surface area contributed by atoms with Crippen LogP contribution in [0.2, 0.25) is 0 Å². The van der Waals surface area contributed by atoms with Gasteiger partial charge in [0.1, 0.15) is 6.04 Å². The highest BCUT2D eigenvalue weighted by atomic mass is 16.7. The Morgan fingerprint density at radius 3 is 2.41 bits per heavy atom. The van der Waals surface area contributed by atoms with E-state index in [1.165, 1.54) is 0 Å². The average molecular weight is 442 g/mol. The lowest BCUT2D eigenvalue weighted by Gasteiger charge is -2.26. The Kier molecular flexibility index (Phi) is 6.16. The van der Waals surface area contributed by atoms with Gasteiger partial charge in [-0.2, -0.15) is 0 Å². The minimum atomic E-state index is -1.04. The summed E-state index contributed by atoms with van der Waals surface area (Å²) in [5.74, 6) is -1.69. The molecule has 1 fully saturated rings. The van der Waals surface area contributed by atoms with Crippen molar-refractivity contribution >= 4 is 29.4 Å². The molecule has 4 rings (SSSR count). The maximum absolute atomic E-state index is 12.9. The first kappa shape index (κ1) is 21.9. The number of allylic oxidation sites excluding steroid dienone is 2. The van der Waals surface area contributed by atoms with Gasteiger partial charge in [-0.25, -0.2) is 4.79 Å². The molecule has 0 spiro atoms. The molecule has 3 amide bonds. The van der Waals surface area contributed by atoms with Crippen molar-refractivity contribution in [2.24, 2.45) is 17.8 Å². The summed E-state index contributed by atoms with van der Waals surface area (Å²) in [6.07, 6.45) is 5.05. The SMILES string of the molecule is CC(C)C[C@H](C(=O)OCC(=O)Nc1ccc2c(c1)OCO2)N1C(=O)[C@H]2CC=CC[C@H]2C1=O. The van der Waals surface area contributed by atoms with Crippen LogP contribution in [-0.2, 0) is 23.9 Å². The normalized spacial score (nSPS) is 22.2. The van der Waals surface area contributed by atoms with E-state index in [0.717, 1.165) is 4.90 Å². The zero-order valence-corrected chi connectivity index (χ0v) is 18.0. The highest BCUT2D eigenvalue weighted by molar-refractivity contribution is 6.08. The molecule has 0 aromatic heterocycles. The Labute approximate surface area is 185 Å². The van der Waals surface area contributed by atoms with Gasteiger partial charge in [-0.1, -0.05) is 26.0 Å². The van der Waals surface area contributed by atoms with Gasteiger partial charge < -0.3 is 19.5 Å². The molecule has 2 heterocycles. The zero-order valence-electron chi connectivity index (χ0n) is 18.0. The van der Waals surface area contributed by atoms with Gasteiger partial charge in [-0.05, 0) is 37.3 Å². The van der Waals surface area contributed by atoms with Crippen LogP contribution in [0.1, 0.15) is 33.1 Å². The molecule has 0 unspecified atom stereocenters. The van der Waals surface area contributed by atoms with E-state index in [0.29, 0.717) is 30.0 Å². The number of ether oxygens (including phenoxy) is 3.